The number of urea groups is 1. The second kappa shape index (κ2) is 47.6. The van der Waals surface area contributed by atoms with Crippen LogP contribution in [0.5, 0.6) is 5.75 Å². The summed E-state index contributed by atoms with van der Waals surface area (Å²) in [6.45, 7) is 13.5. The van der Waals surface area contributed by atoms with Gasteiger partial charge in [-0.2, -0.15) is 0 Å². The number of hydrogen-bond donors (Lipinski definition) is 14. The number of carboxylic acid groups (broad SMARTS) is 3. The summed E-state index contributed by atoms with van der Waals surface area (Å²) in [5, 5.41) is 58.2. The standard InChI is InChI=1S/C47H68N8O10.C44H51N9O11S/c1-6-7-17-34(42(57)50-37(45(60)61)29-41(56)53-25-23-52(24-26-53)39-19-12-13-20-40(39)64-4)48-44(59)36(28-32-30-55(47(63)65-5)38-18-11-10-16-33(32)38)49-43(58)35(27-31(2)3)51-46(62)54-21-14-8-9-15-22-54;1-24(2)19-29-38(57)46-30(20-25-23-45-28-12-7-6-11-27(25)28)39(58)48-32(22-35(55)56)40(59)47-31(21-34(54)53-16-14-52(15-17-53)26-9-4-3-5-10-26)41(60)51-37(44(63)64)43(62)50-36(42(61)49-29)33-13-8-18-65-33/h10-13,16,18-20,31-32,34-37H,6-9,14-15,17,21-30H2,1-5H3,(H,48,59)(H,49,58)(H,50,57)(H,51,62)(H,60,61);3-13,18,23-24,29-32,36-37,45H,14-17,19-22H2,1-2H3,(H,46,57)(H,47,59)(H,48,58)(H,49,61)(H,50,62)(H,51,60)(H,55,56)(H,63,64)/t32?,34-,35+,36-,37-;29-,30+,31-,32+,36+,37+/m10/s1. The summed E-state index contributed by atoms with van der Waals surface area (Å²) in [7, 11) is 2.87. The van der Waals surface area contributed by atoms with E-state index >= 15 is 0 Å². The van der Waals surface area contributed by atoms with Crippen molar-refractivity contribution in [2.24, 2.45) is 11.8 Å². The molecule has 5 aliphatic rings. The normalized spacial score (nSPS) is 20.5. The molecule has 4 fully saturated rings. The van der Waals surface area contributed by atoms with Crippen molar-refractivity contribution in [2.75, 3.05) is 101 Å². The van der Waals surface area contributed by atoms with E-state index in [1.54, 1.807) is 84.8 Å². The summed E-state index contributed by atoms with van der Waals surface area (Å²) >= 11 is 1.04. The molecule has 0 saturated carbocycles. The summed E-state index contributed by atoms with van der Waals surface area (Å²) in [5.41, 5.74) is 4.46. The van der Waals surface area contributed by atoms with Gasteiger partial charge in [-0.15, -0.1) is 11.3 Å². The molecule has 7 heterocycles. The fourth-order valence-corrected chi connectivity index (χ4v) is 17.3. The third kappa shape index (κ3) is 27.4. The van der Waals surface area contributed by atoms with Crippen molar-refractivity contribution in [2.45, 2.75) is 191 Å². The van der Waals surface area contributed by atoms with Crippen molar-refractivity contribution in [1.29, 1.82) is 0 Å². The van der Waals surface area contributed by atoms with Crippen LogP contribution in [0.4, 0.5) is 26.7 Å². The molecule has 11 rings (SSSR count). The number of amides is 14. The van der Waals surface area contributed by atoms with Crippen LogP contribution >= 0.6 is 11.3 Å². The summed E-state index contributed by atoms with van der Waals surface area (Å²) in [6.07, 6.45) is 3.96. The molecule has 14 N–H and O–H groups in total. The lowest BCUT2D eigenvalue weighted by molar-refractivity contribution is -0.148. The van der Waals surface area contributed by atoms with Crippen LogP contribution in [0.15, 0.2) is 127 Å². The van der Waals surface area contributed by atoms with E-state index in [-0.39, 0.29) is 74.5 Å². The minimum absolute atomic E-state index is 0.00281. The van der Waals surface area contributed by atoms with Gasteiger partial charge in [-0.3, -0.25) is 62.4 Å². The topological polar surface area (TPSA) is 508 Å². The fraction of sp³-hybridized carbons (Fsp3) is 0.495. The second-order valence-corrected chi connectivity index (χ2v) is 34.7. The zero-order valence-corrected chi connectivity index (χ0v) is 74.9. The smallest absolute Gasteiger partial charge is 0.414 e. The summed E-state index contributed by atoms with van der Waals surface area (Å²) in [5.74, 6) is -14.6. The minimum atomic E-state index is -2.38. The van der Waals surface area contributed by atoms with Crippen molar-refractivity contribution in [3.05, 3.63) is 143 Å². The van der Waals surface area contributed by atoms with Crippen molar-refractivity contribution in [3.63, 3.8) is 0 Å². The van der Waals surface area contributed by atoms with E-state index in [2.05, 4.69) is 63.1 Å². The fourth-order valence-electron chi connectivity index (χ4n) is 16.5. The largest absolute Gasteiger partial charge is 0.495 e. The molecular formula is C91H119N17O21S. The van der Waals surface area contributed by atoms with Gasteiger partial charge in [-0.05, 0) is 109 Å². The highest BCUT2D eigenvalue weighted by Gasteiger charge is 2.43. The first-order valence-corrected chi connectivity index (χ1v) is 44.9. The highest BCUT2D eigenvalue weighted by atomic mass is 32.1. The number of H-pyrrole nitrogens is 1. The van der Waals surface area contributed by atoms with Gasteiger partial charge in [0, 0.05) is 112 Å². The van der Waals surface area contributed by atoms with Crippen LogP contribution in [0, 0.1) is 11.8 Å². The van der Waals surface area contributed by atoms with Crippen LogP contribution in [0.25, 0.3) is 10.9 Å². The Balaban J connectivity index is 0.000000270. The molecule has 0 aliphatic carbocycles. The number of para-hydroxylation sites is 5. The third-order valence-corrected chi connectivity index (χ3v) is 24.3. The van der Waals surface area contributed by atoms with Crippen LogP contribution < -0.4 is 72.6 Å². The first kappa shape index (κ1) is 98.8. The molecule has 38 nitrogen and oxygen atoms in total. The maximum Gasteiger partial charge on any atom is 0.414 e. The number of carbonyl (C=O) groups excluding carboxylic acids is 13. The third-order valence-electron chi connectivity index (χ3n) is 23.4. The number of aromatic amines is 1. The number of piperazine rings is 2. The molecule has 39 heteroatoms. The van der Waals surface area contributed by atoms with E-state index in [9.17, 15) is 92.0 Å². The minimum Gasteiger partial charge on any atom is -0.495 e. The zero-order chi connectivity index (χ0) is 93.8. The van der Waals surface area contributed by atoms with Crippen LogP contribution in [0.3, 0.4) is 0 Å². The first-order chi connectivity index (χ1) is 62.3. The van der Waals surface area contributed by atoms with Gasteiger partial charge in [0.2, 0.25) is 65.1 Å². The number of thiophene rings is 1. The highest BCUT2D eigenvalue weighted by Crippen LogP contribution is 2.39. The SMILES string of the molecule is CC(C)C[C@@H]1NC(=O)[C@@H](c2cccs2)NC(=O)[C@H](C(=O)O)NC(=O)[C@H](CC(=O)N2CCN(c3ccccc3)CC2)NC(=O)[C@@H](CC(=O)O)NC(=O)[C@@H](Cc2c[nH]c3ccccc23)NC1=O.CCCC[C@@H](NC(=O)[C@@H](CC1CN(C(=O)OC)c2ccccc21)NC(=O)[C@H](CC(C)C)NC(=O)N1CCCCCC1)C(=O)N[C@H](CC(=O)N1CCN(c2ccccc2OC)CC1)C(=O)O. The molecule has 0 radical (unpaired) electrons. The molecule has 1 unspecified atom stereocenters. The average Bonchev–Trinajstić information content (AvgIpc) is 1.65. The van der Waals surface area contributed by atoms with Gasteiger partial charge in [0.15, 0.2) is 0 Å². The predicted molar refractivity (Wildman–Crippen MR) is 481 cm³/mol. The van der Waals surface area contributed by atoms with Crippen LogP contribution in [-0.2, 0) is 78.3 Å². The Bertz CT molecular complexity index is 4970. The number of nitrogens with one attached hydrogen (secondary N) is 11. The second-order valence-electron chi connectivity index (χ2n) is 33.7. The number of likely N-dealkylation sites (tertiary alicyclic amines) is 1. The van der Waals surface area contributed by atoms with Crippen molar-refractivity contribution < 1.29 is 102 Å². The van der Waals surface area contributed by atoms with Gasteiger partial charge >= 0.3 is 30.0 Å². The molecule has 0 spiro atoms. The first-order valence-electron chi connectivity index (χ1n) is 44.0. The van der Waals surface area contributed by atoms with Gasteiger partial charge in [0.25, 0.3) is 5.91 Å². The summed E-state index contributed by atoms with van der Waals surface area (Å²) in [4.78, 5) is 232. The quantitative estimate of drug-likeness (QED) is 0.0273. The van der Waals surface area contributed by atoms with Gasteiger partial charge in [0.1, 0.15) is 60.1 Å². The lowest BCUT2D eigenvalue weighted by Crippen LogP contribution is -2.62. The number of methoxy groups -OCH3 is 2. The molecule has 5 aliphatic heterocycles. The summed E-state index contributed by atoms with van der Waals surface area (Å²) in [6, 6.07) is 18.5. The number of ether oxygens (including phenoxy) is 2. The van der Waals surface area contributed by atoms with Crippen LogP contribution in [0.1, 0.15) is 146 Å². The van der Waals surface area contributed by atoms with E-state index in [1.165, 1.54) is 23.0 Å². The molecule has 6 aromatic rings. The maximum atomic E-state index is 14.6. The highest BCUT2D eigenvalue weighted by molar-refractivity contribution is 7.10. The van der Waals surface area contributed by atoms with Crippen molar-refractivity contribution in [3.8, 4) is 5.75 Å². The Morgan fingerprint density at radius 2 is 1.08 bits per heavy atom. The van der Waals surface area contributed by atoms with E-state index in [4.69, 9.17) is 9.47 Å². The van der Waals surface area contributed by atoms with E-state index in [0.717, 1.165) is 54.0 Å². The van der Waals surface area contributed by atoms with E-state index < -0.39 is 175 Å². The lowest BCUT2D eigenvalue weighted by Gasteiger charge is -2.37. The molecule has 4 saturated heterocycles. The molecule has 11 atom stereocenters. The number of aliphatic carboxylic acids is 3. The number of hydrogen-bond acceptors (Lipinski definition) is 21. The molecule has 0 bridgehead atoms. The van der Waals surface area contributed by atoms with Crippen molar-refractivity contribution in [1.82, 2.24) is 72.9 Å². The average molecular weight is 1820 g/mol. The van der Waals surface area contributed by atoms with Gasteiger partial charge < -0.3 is 107 Å². The molecular weight excluding hydrogens is 1700 g/mol. The molecule has 130 heavy (non-hydrogen) atoms. The number of carbonyl (C=O) groups is 16. The number of fused-ring (bicyclic) bond motifs is 2. The van der Waals surface area contributed by atoms with Gasteiger partial charge in [-0.1, -0.05) is 133 Å². The molecule has 2 aromatic heterocycles. The zero-order valence-electron chi connectivity index (χ0n) is 74.1. The van der Waals surface area contributed by atoms with Crippen molar-refractivity contribution >= 4 is 134 Å². The van der Waals surface area contributed by atoms with Crippen LogP contribution in [0.2, 0.25) is 0 Å². The molecule has 14 amide bonds. The number of unbranched alkanes of at least 4 members (excludes halogenated alkanes) is 1. The van der Waals surface area contributed by atoms with E-state index in [1.807, 2.05) is 92.4 Å². The predicted octanol–water partition coefficient (Wildman–Crippen LogP) is 4.63. The Morgan fingerprint density at radius 1 is 0.515 bits per heavy atom. The molecule has 4 aromatic carbocycles. The summed E-state index contributed by atoms with van der Waals surface area (Å²) < 4.78 is 10.5. The van der Waals surface area contributed by atoms with Gasteiger partial charge in [-0.25, -0.2) is 19.2 Å². The lowest BCUT2D eigenvalue weighted by atomic mass is 9.92. The molecule has 700 valence electrons. The monoisotopic (exact) mass is 1820 g/mol. The Kier molecular flexibility index (Phi) is 36.2. The number of aromatic nitrogens is 1. The Hall–Kier alpha value is -13.4. The number of nitrogens with zero attached hydrogens (tertiary/aromatic N) is 6. The Morgan fingerprint density at radius 3 is 1.72 bits per heavy atom. The van der Waals surface area contributed by atoms with E-state index in [0.29, 0.717) is 93.1 Å². The number of rotatable bonds is 30. The maximum absolute atomic E-state index is 14.6. The Labute approximate surface area is 757 Å². The number of carboxylic acids is 3. The number of benzene rings is 4. The van der Waals surface area contributed by atoms with Crippen LogP contribution in [-0.4, -0.2) is 271 Å². The number of anilines is 3. The van der Waals surface area contributed by atoms with Gasteiger partial charge in [0.05, 0.1) is 44.9 Å².